The van der Waals surface area contributed by atoms with Gasteiger partial charge in [0.25, 0.3) is 5.56 Å². The normalized spacial score (nSPS) is 11.7. The number of hydrogen-bond acceptors (Lipinski definition) is 4. The van der Waals surface area contributed by atoms with Crippen LogP contribution in [0.2, 0.25) is 0 Å². The van der Waals surface area contributed by atoms with Crippen LogP contribution in [0.25, 0.3) is 16.9 Å². The Morgan fingerprint density at radius 1 is 1.17 bits per heavy atom. The van der Waals surface area contributed by atoms with Crippen molar-refractivity contribution in [2.24, 2.45) is 12.8 Å². The molecule has 3 aromatic heterocycles. The Balaban J connectivity index is 2.59. The first-order valence-corrected chi connectivity index (χ1v) is 7.25. The lowest BCUT2D eigenvalue weighted by Gasteiger charge is -2.06. The number of nitrogens with two attached hydrogens (primary N) is 1. The fourth-order valence-electron chi connectivity index (χ4n) is 2.99. The highest BCUT2D eigenvalue weighted by Gasteiger charge is 2.22. The number of fused-ring (bicyclic) bond motifs is 3. The minimum Gasteiger partial charge on any atom is -0.368 e. The number of carbonyl (C=O) groups is 1. The van der Waals surface area contributed by atoms with E-state index in [-0.39, 0.29) is 5.52 Å². The first-order chi connectivity index (χ1) is 10.8. The molecule has 3 aromatic rings. The molecule has 0 unspecified atom stereocenters. The van der Waals surface area contributed by atoms with Gasteiger partial charge in [-0.25, -0.2) is 9.36 Å². The van der Waals surface area contributed by atoms with Crippen LogP contribution in [0.4, 0.5) is 0 Å². The topological polar surface area (TPSA) is 109 Å². The zero-order valence-corrected chi connectivity index (χ0v) is 13.5. The number of rotatable bonds is 3. The lowest BCUT2D eigenvalue weighted by Crippen LogP contribution is -2.42. The number of amides is 1. The maximum Gasteiger partial charge on any atom is 0.332 e. The molecule has 23 heavy (non-hydrogen) atoms. The van der Waals surface area contributed by atoms with E-state index in [1.165, 1.54) is 11.6 Å². The molecule has 3 rings (SSSR count). The predicted octanol–water partition coefficient (Wildman–Crippen LogP) is -0.729. The van der Waals surface area contributed by atoms with Crippen molar-refractivity contribution in [3.8, 4) is 0 Å². The number of aromatic nitrogens is 5. The van der Waals surface area contributed by atoms with Gasteiger partial charge in [-0.05, 0) is 20.8 Å². The zero-order chi connectivity index (χ0) is 17.0. The Hall–Kier alpha value is -2.84. The fraction of sp³-hybridized carbons (Fsp3) is 0.429. The van der Waals surface area contributed by atoms with Crippen molar-refractivity contribution in [3.63, 3.8) is 0 Å². The van der Waals surface area contributed by atoms with Crippen molar-refractivity contribution in [1.29, 1.82) is 0 Å². The van der Waals surface area contributed by atoms with Gasteiger partial charge in [-0.1, -0.05) is 0 Å². The molecule has 0 aliphatic heterocycles. The summed E-state index contributed by atoms with van der Waals surface area (Å²) >= 11 is 0. The van der Waals surface area contributed by atoms with E-state index >= 15 is 0 Å². The van der Waals surface area contributed by atoms with E-state index in [0.29, 0.717) is 18.0 Å². The maximum absolute atomic E-state index is 12.7. The highest BCUT2D eigenvalue weighted by atomic mass is 16.2. The van der Waals surface area contributed by atoms with Gasteiger partial charge < -0.3 is 10.3 Å². The molecular formula is C14H18N6O3. The average Bonchev–Trinajstić information content (AvgIpc) is 2.98. The van der Waals surface area contributed by atoms with E-state index in [4.69, 9.17) is 5.73 Å². The van der Waals surface area contributed by atoms with E-state index in [1.807, 2.05) is 25.3 Å². The average molecular weight is 318 g/mol. The number of carbonyl (C=O) groups excluding carboxylic acids is 1. The summed E-state index contributed by atoms with van der Waals surface area (Å²) in [5.41, 5.74) is 6.40. The van der Waals surface area contributed by atoms with Crippen LogP contribution in [0.5, 0.6) is 0 Å². The molecule has 0 saturated carbocycles. The van der Waals surface area contributed by atoms with Gasteiger partial charge in [0.15, 0.2) is 11.2 Å². The third-order valence-electron chi connectivity index (χ3n) is 4.26. The molecule has 1 amide bonds. The smallest absolute Gasteiger partial charge is 0.332 e. The van der Waals surface area contributed by atoms with E-state index in [2.05, 4.69) is 4.98 Å². The van der Waals surface area contributed by atoms with Gasteiger partial charge in [0.1, 0.15) is 6.54 Å². The summed E-state index contributed by atoms with van der Waals surface area (Å²) in [5, 5.41) is 0. The summed E-state index contributed by atoms with van der Waals surface area (Å²) in [6.45, 7) is 6.05. The second-order valence-electron chi connectivity index (χ2n) is 5.53. The quantitative estimate of drug-likeness (QED) is 0.686. The first-order valence-electron chi connectivity index (χ1n) is 7.25. The molecule has 0 fully saturated rings. The van der Waals surface area contributed by atoms with E-state index in [1.54, 1.807) is 4.40 Å². The number of imidazole rings is 2. The van der Waals surface area contributed by atoms with Crippen LogP contribution in [0, 0.1) is 13.8 Å². The summed E-state index contributed by atoms with van der Waals surface area (Å²) < 4.78 is 5.81. The maximum atomic E-state index is 12.7. The van der Waals surface area contributed by atoms with Crippen LogP contribution in [-0.4, -0.2) is 29.0 Å². The third kappa shape index (κ3) is 1.85. The molecule has 0 atom stereocenters. The van der Waals surface area contributed by atoms with Gasteiger partial charge in [0.05, 0.1) is 0 Å². The van der Waals surface area contributed by atoms with Crippen molar-refractivity contribution >= 4 is 22.8 Å². The standard InChI is InChI=1S/C14H18N6O3/c1-5-18-7(2)8(3)20-10-11(16-13(18)20)17(4)14(23)19(12(10)22)6-9(15)21/h5-6H2,1-4H3,(H2,15,21). The van der Waals surface area contributed by atoms with Crippen molar-refractivity contribution in [3.05, 3.63) is 32.2 Å². The van der Waals surface area contributed by atoms with Crippen LogP contribution in [0.1, 0.15) is 18.3 Å². The molecule has 0 aliphatic rings. The zero-order valence-electron chi connectivity index (χ0n) is 13.5. The van der Waals surface area contributed by atoms with Crippen molar-refractivity contribution < 1.29 is 4.79 Å². The van der Waals surface area contributed by atoms with Gasteiger partial charge >= 0.3 is 5.69 Å². The summed E-state index contributed by atoms with van der Waals surface area (Å²) in [6.07, 6.45) is 0. The second kappa shape index (κ2) is 4.83. The van der Waals surface area contributed by atoms with Crippen LogP contribution < -0.4 is 17.0 Å². The molecule has 9 nitrogen and oxygen atoms in total. The van der Waals surface area contributed by atoms with Crippen LogP contribution >= 0.6 is 0 Å². The first kappa shape index (κ1) is 15.1. The lowest BCUT2D eigenvalue weighted by molar-refractivity contribution is -0.118. The van der Waals surface area contributed by atoms with Gasteiger partial charge in [0, 0.05) is 25.0 Å². The largest absolute Gasteiger partial charge is 0.368 e. The molecule has 9 heteroatoms. The summed E-state index contributed by atoms with van der Waals surface area (Å²) in [4.78, 5) is 40.7. The molecule has 0 radical (unpaired) electrons. The van der Waals surface area contributed by atoms with E-state index in [9.17, 15) is 14.4 Å². The lowest BCUT2D eigenvalue weighted by atomic mass is 10.3. The van der Waals surface area contributed by atoms with Gasteiger partial charge in [-0.3, -0.25) is 18.6 Å². The third-order valence-corrected chi connectivity index (χ3v) is 4.26. The van der Waals surface area contributed by atoms with Crippen molar-refractivity contribution in [2.45, 2.75) is 33.9 Å². The minimum atomic E-state index is -0.747. The fourth-order valence-corrected chi connectivity index (χ4v) is 2.99. The number of nitrogens with zero attached hydrogens (tertiary/aromatic N) is 5. The molecule has 2 N–H and O–H groups in total. The molecule has 3 heterocycles. The minimum absolute atomic E-state index is 0.274. The number of aryl methyl sites for hydroxylation is 3. The molecule has 0 aliphatic carbocycles. The Bertz CT molecular complexity index is 1080. The Labute approximate surface area is 130 Å². The highest BCUT2D eigenvalue weighted by Crippen LogP contribution is 2.20. The Morgan fingerprint density at radius 2 is 1.83 bits per heavy atom. The highest BCUT2D eigenvalue weighted by molar-refractivity contribution is 5.77. The van der Waals surface area contributed by atoms with Gasteiger partial charge in [-0.15, -0.1) is 0 Å². The van der Waals surface area contributed by atoms with Crippen molar-refractivity contribution in [1.82, 2.24) is 23.1 Å². The van der Waals surface area contributed by atoms with E-state index in [0.717, 1.165) is 16.0 Å². The predicted molar refractivity (Wildman–Crippen MR) is 84.5 cm³/mol. The molecule has 0 aromatic carbocycles. The molecule has 122 valence electrons. The Kier molecular flexibility index (Phi) is 3.17. The van der Waals surface area contributed by atoms with Gasteiger partial charge in [0.2, 0.25) is 11.7 Å². The van der Waals surface area contributed by atoms with Crippen LogP contribution in [0.15, 0.2) is 9.59 Å². The summed E-state index contributed by atoms with van der Waals surface area (Å²) in [5.74, 6) is -0.148. The summed E-state index contributed by atoms with van der Waals surface area (Å²) in [6, 6.07) is 0. The monoisotopic (exact) mass is 318 g/mol. The van der Waals surface area contributed by atoms with Crippen LogP contribution in [0.3, 0.4) is 0 Å². The molecule has 0 saturated heterocycles. The molecule has 0 spiro atoms. The summed E-state index contributed by atoms with van der Waals surface area (Å²) in [7, 11) is 1.52. The van der Waals surface area contributed by atoms with Gasteiger partial charge in [-0.2, -0.15) is 4.98 Å². The number of hydrogen-bond donors (Lipinski definition) is 1. The Morgan fingerprint density at radius 3 is 2.39 bits per heavy atom. The molecule has 0 bridgehead atoms. The SMILES string of the molecule is CCn1c(C)c(C)n2c3c(=O)n(CC(N)=O)c(=O)n(C)c3nc12. The van der Waals surface area contributed by atoms with E-state index < -0.39 is 23.7 Å². The number of primary amides is 1. The van der Waals surface area contributed by atoms with Crippen LogP contribution in [-0.2, 0) is 24.9 Å². The van der Waals surface area contributed by atoms with Crippen molar-refractivity contribution in [2.75, 3.05) is 0 Å². The second-order valence-corrected chi connectivity index (χ2v) is 5.53. The molecular weight excluding hydrogens is 300 g/mol.